The maximum atomic E-state index is 11.9. The van der Waals surface area contributed by atoms with E-state index < -0.39 is 10.2 Å². The summed E-state index contributed by atoms with van der Waals surface area (Å²) in [5, 5.41) is 0. The molecule has 2 aromatic rings. The Morgan fingerprint density at radius 2 is 1.84 bits per heavy atom. The molecule has 0 atom stereocenters. The van der Waals surface area contributed by atoms with E-state index in [0.717, 1.165) is 19.6 Å². The van der Waals surface area contributed by atoms with E-state index >= 15 is 0 Å². The Kier molecular flexibility index (Phi) is 3.59. The molecule has 2 rings (SSSR count). The first kappa shape index (κ1) is 13.6. The van der Waals surface area contributed by atoms with Crippen molar-refractivity contribution >= 4 is 10.2 Å². The summed E-state index contributed by atoms with van der Waals surface area (Å²) in [6.07, 6.45) is 2.77. The molecule has 102 valence electrons. The Morgan fingerprint density at radius 1 is 1.21 bits per heavy atom. The molecule has 0 aliphatic carbocycles. The summed E-state index contributed by atoms with van der Waals surface area (Å²) >= 11 is 0. The zero-order valence-electron chi connectivity index (χ0n) is 10.9. The molecule has 1 heterocycles. The monoisotopic (exact) mass is 281 g/mol. The lowest BCUT2D eigenvalue weighted by Crippen LogP contribution is -2.27. The minimum atomic E-state index is -3.51. The minimum absolute atomic E-state index is 0.591. The Labute approximate surface area is 112 Å². The van der Waals surface area contributed by atoms with Gasteiger partial charge in [0.05, 0.1) is 12.8 Å². The third kappa shape index (κ3) is 2.61. The summed E-state index contributed by atoms with van der Waals surface area (Å²) in [5.41, 5.74) is 1.42. The van der Waals surface area contributed by atoms with Crippen LogP contribution in [0.4, 0.5) is 0 Å². The standard InChI is InChI=1S/C12H15N3O3S/c1-14(2)19(16,17)15-8-12(13-9-15)10-4-6-11(18-3)7-5-10/h4-9H,1-3H3. The average Bonchev–Trinajstić information content (AvgIpc) is 2.89. The predicted molar refractivity (Wildman–Crippen MR) is 72.2 cm³/mol. The van der Waals surface area contributed by atoms with Crippen LogP contribution >= 0.6 is 0 Å². The number of ether oxygens (including phenoxy) is 1. The summed E-state index contributed by atoms with van der Waals surface area (Å²) in [7, 11) is 1.03. The third-order valence-electron chi connectivity index (χ3n) is 2.67. The number of benzene rings is 1. The van der Waals surface area contributed by atoms with Crippen LogP contribution in [-0.2, 0) is 10.2 Å². The Hall–Kier alpha value is -1.86. The van der Waals surface area contributed by atoms with Crippen LogP contribution < -0.4 is 4.74 Å². The van der Waals surface area contributed by atoms with Gasteiger partial charge in [-0.15, -0.1) is 0 Å². The minimum Gasteiger partial charge on any atom is -0.497 e. The number of aromatic nitrogens is 2. The van der Waals surface area contributed by atoms with Crippen LogP contribution in [0, 0.1) is 0 Å². The summed E-state index contributed by atoms with van der Waals surface area (Å²) in [6.45, 7) is 0. The van der Waals surface area contributed by atoms with Crippen molar-refractivity contribution in [2.45, 2.75) is 0 Å². The van der Waals surface area contributed by atoms with Gasteiger partial charge in [0.2, 0.25) is 0 Å². The number of hydrogen-bond acceptors (Lipinski definition) is 4. The number of methoxy groups -OCH3 is 1. The molecule has 0 fully saturated rings. The first-order valence-corrected chi connectivity index (χ1v) is 6.96. The van der Waals surface area contributed by atoms with E-state index in [1.165, 1.54) is 26.6 Å². The molecule has 1 aromatic carbocycles. The van der Waals surface area contributed by atoms with Crippen molar-refractivity contribution < 1.29 is 13.2 Å². The second-order valence-corrected chi connectivity index (χ2v) is 6.16. The lowest BCUT2D eigenvalue weighted by Gasteiger charge is -2.10. The van der Waals surface area contributed by atoms with E-state index in [4.69, 9.17) is 4.74 Å². The summed E-state index contributed by atoms with van der Waals surface area (Å²) in [6, 6.07) is 7.26. The third-order valence-corrected chi connectivity index (χ3v) is 4.33. The molecule has 1 aromatic heterocycles. The van der Waals surface area contributed by atoms with Gasteiger partial charge in [0, 0.05) is 25.9 Å². The van der Waals surface area contributed by atoms with E-state index in [0.29, 0.717) is 5.69 Å². The predicted octanol–water partition coefficient (Wildman–Crippen LogP) is 1.21. The van der Waals surface area contributed by atoms with Crippen molar-refractivity contribution in [1.29, 1.82) is 0 Å². The second kappa shape index (κ2) is 5.02. The summed E-state index contributed by atoms with van der Waals surface area (Å²) in [4.78, 5) is 4.11. The Morgan fingerprint density at radius 3 is 2.37 bits per heavy atom. The molecule has 7 heteroatoms. The first-order chi connectivity index (χ1) is 8.95. The number of hydrogen-bond donors (Lipinski definition) is 0. The fourth-order valence-electron chi connectivity index (χ4n) is 1.53. The summed E-state index contributed by atoms with van der Waals surface area (Å²) < 4.78 is 31.1. The SMILES string of the molecule is COc1ccc(-c2cn(S(=O)(=O)N(C)C)cn2)cc1. The van der Waals surface area contributed by atoms with Gasteiger partial charge in [-0.1, -0.05) is 0 Å². The van der Waals surface area contributed by atoms with E-state index in [-0.39, 0.29) is 0 Å². The highest BCUT2D eigenvalue weighted by molar-refractivity contribution is 7.87. The van der Waals surface area contributed by atoms with Crippen molar-refractivity contribution in [2.75, 3.05) is 21.2 Å². The summed E-state index contributed by atoms with van der Waals surface area (Å²) in [5.74, 6) is 0.740. The van der Waals surface area contributed by atoms with Crippen LogP contribution in [0.3, 0.4) is 0 Å². The largest absolute Gasteiger partial charge is 0.497 e. The van der Waals surface area contributed by atoms with Gasteiger partial charge in [0.15, 0.2) is 0 Å². The molecule has 0 aliphatic heterocycles. The van der Waals surface area contributed by atoms with Gasteiger partial charge in [-0.05, 0) is 24.3 Å². The van der Waals surface area contributed by atoms with Crippen LogP contribution in [-0.4, -0.2) is 42.9 Å². The van der Waals surface area contributed by atoms with Crippen LogP contribution in [0.5, 0.6) is 5.75 Å². The van der Waals surface area contributed by atoms with Crippen LogP contribution in [0.15, 0.2) is 36.8 Å². The Bertz CT molecular complexity index is 660. The van der Waals surface area contributed by atoms with Crippen molar-refractivity contribution in [3.63, 3.8) is 0 Å². The zero-order valence-corrected chi connectivity index (χ0v) is 11.8. The molecule has 0 saturated carbocycles. The topological polar surface area (TPSA) is 64.4 Å². The maximum Gasteiger partial charge on any atom is 0.308 e. The van der Waals surface area contributed by atoms with Crippen LogP contribution in [0.25, 0.3) is 11.3 Å². The fourth-order valence-corrected chi connectivity index (χ4v) is 2.31. The average molecular weight is 281 g/mol. The molecule has 0 aliphatic rings. The van der Waals surface area contributed by atoms with Crippen LogP contribution in [0.1, 0.15) is 0 Å². The van der Waals surface area contributed by atoms with Gasteiger partial charge in [-0.25, -0.2) is 8.96 Å². The van der Waals surface area contributed by atoms with Gasteiger partial charge in [-0.2, -0.15) is 12.7 Å². The number of imidazole rings is 1. The number of rotatable bonds is 4. The first-order valence-electron chi connectivity index (χ1n) is 5.56. The molecule has 0 unspecified atom stereocenters. The quantitative estimate of drug-likeness (QED) is 0.845. The zero-order chi connectivity index (χ0) is 14.0. The fraction of sp³-hybridized carbons (Fsp3) is 0.250. The Balaban J connectivity index is 2.35. The van der Waals surface area contributed by atoms with Crippen molar-refractivity contribution in [3.05, 3.63) is 36.8 Å². The molecule has 6 nitrogen and oxygen atoms in total. The molecular formula is C12H15N3O3S. The maximum absolute atomic E-state index is 11.9. The highest BCUT2D eigenvalue weighted by Crippen LogP contribution is 2.21. The van der Waals surface area contributed by atoms with Gasteiger partial charge in [-0.3, -0.25) is 0 Å². The lowest BCUT2D eigenvalue weighted by molar-refractivity contribution is 0.415. The van der Waals surface area contributed by atoms with Crippen molar-refractivity contribution in [2.24, 2.45) is 0 Å². The lowest BCUT2D eigenvalue weighted by atomic mass is 10.2. The van der Waals surface area contributed by atoms with E-state index in [1.807, 2.05) is 12.1 Å². The molecule has 0 bridgehead atoms. The smallest absolute Gasteiger partial charge is 0.308 e. The molecule has 0 N–H and O–H groups in total. The molecule has 0 saturated heterocycles. The van der Waals surface area contributed by atoms with E-state index in [9.17, 15) is 8.42 Å². The molecule has 0 spiro atoms. The molecule has 0 radical (unpaired) electrons. The van der Waals surface area contributed by atoms with Crippen LogP contribution in [0.2, 0.25) is 0 Å². The van der Waals surface area contributed by atoms with E-state index in [1.54, 1.807) is 19.2 Å². The number of nitrogens with zero attached hydrogens (tertiary/aromatic N) is 3. The van der Waals surface area contributed by atoms with Crippen molar-refractivity contribution in [3.8, 4) is 17.0 Å². The van der Waals surface area contributed by atoms with Gasteiger partial charge in [0.1, 0.15) is 12.1 Å². The molecule has 19 heavy (non-hydrogen) atoms. The normalized spacial score (nSPS) is 11.8. The van der Waals surface area contributed by atoms with Crippen molar-refractivity contribution in [1.82, 2.24) is 13.3 Å². The van der Waals surface area contributed by atoms with Gasteiger partial charge >= 0.3 is 10.2 Å². The van der Waals surface area contributed by atoms with Gasteiger partial charge < -0.3 is 4.74 Å². The highest BCUT2D eigenvalue weighted by Gasteiger charge is 2.16. The van der Waals surface area contributed by atoms with E-state index in [2.05, 4.69) is 4.98 Å². The van der Waals surface area contributed by atoms with Gasteiger partial charge in [0.25, 0.3) is 0 Å². The highest BCUT2D eigenvalue weighted by atomic mass is 32.2. The molecule has 0 amide bonds. The second-order valence-electron chi connectivity index (χ2n) is 4.11. The molecular weight excluding hydrogens is 266 g/mol.